The van der Waals surface area contributed by atoms with E-state index in [1.165, 1.54) is 0 Å². The Balaban J connectivity index is 2.07. The number of hydrogen-bond acceptors (Lipinski definition) is 6. The molecule has 3 rings (SSSR count). The minimum Gasteiger partial charge on any atom is -0.410 e. The second-order valence-corrected chi connectivity index (χ2v) is 14.6. The summed E-state index contributed by atoms with van der Waals surface area (Å²) in [7, 11) is -2.07. The molecule has 1 fully saturated rings. The van der Waals surface area contributed by atoms with Gasteiger partial charge in [0.1, 0.15) is 5.52 Å². The van der Waals surface area contributed by atoms with Crippen LogP contribution >= 0.6 is 11.6 Å². The largest absolute Gasteiger partial charge is 0.410 e. The van der Waals surface area contributed by atoms with E-state index in [-0.39, 0.29) is 28.2 Å². The van der Waals surface area contributed by atoms with Crippen molar-refractivity contribution in [1.29, 1.82) is 0 Å². The Hall–Kier alpha value is -1.48. The standard InChI is InChI=1S/C19H30ClN5O2Si/c1-10-13(27-28(7,8)18(3,4)5)11(2)19(6,26)14(10)25-9-22-12-15(20)23-17(21)24-16(12)25/h9,11,13-14,26H,1H2,2-8H3,(H2,21,23,24)/t11-,13+,14-,19-/m1/s1. The molecule has 2 aromatic heterocycles. The Morgan fingerprint density at radius 2 is 1.96 bits per heavy atom. The van der Waals surface area contributed by atoms with E-state index < -0.39 is 20.0 Å². The quantitative estimate of drug-likeness (QED) is 0.440. The summed E-state index contributed by atoms with van der Waals surface area (Å²) in [6, 6.07) is -0.465. The Bertz CT molecular complexity index is 934. The van der Waals surface area contributed by atoms with Gasteiger partial charge in [0.2, 0.25) is 5.95 Å². The number of nitrogens with two attached hydrogens (primary N) is 1. The van der Waals surface area contributed by atoms with Gasteiger partial charge in [-0.3, -0.25) is 0 Å². The predicted molar refractivity (Wildman–Crippen MR) is 115 cm³/mol. The smallest absolute Gasteiger partial charge is 0.223 e. The van der Waals surface area contributed by atoms with Gasteiger partial charge in [-0.05, 0) is 30.6 Å². The van der Waals surface area contributed by atoms with Gasteiger partial charge >= 0.3 is 0 Å². The number of fused-ring (bicyclic) bond motifs is 1. The van der Waals surface area contributed by atoms with E-state index in [0.717, 1.165) is 5.57 Å². The van der Waals surface area contributed by atoms with Crippen LogP contribution in [0.15, 0.2) is 18.5 Å². The second-order valence-electron chi connectivity index (χ2n) is 9.49. The highest BCUT2D eigenvalue weighted by Crippen LogP contribution is 2.51. The monoisotopic (exact) mass is 423 g/mol. The topological polar surface area (TPSA) is 99.1 Å². The van der Waals surface area contributed by atoms with Gasteiger partial charge in [0.25, 0.3) is 0 Å². The van der Waals surface area contributed by atoms with Crippen molar-refractivity contribution in [3.63, 3.8) is 0 Å². The fourth-order valence-corrected chi connectivity index (χ4v) is 5.19. The molecule has 0 unspecified atom stereocenters. The molecule has 1 aliphatic carbocycles. The molecule has 0 radical (unpaired) electrons. The zero-order valence-electron chi connectivity index (χ0n) is 17.6. The van der Waals surface area contributed by atoms with E-state index in [9.17, 15) is 5.11 Å². The Morgan fingerprint density at radius 3 is 2.54 bits per heavy atom. The van der Waals surface area contributed by atoms with Crippen LogP contribution < -0.4 is 5.73 Å². The third-order valence-electron chi connectivity index (χ3n) is 6.55. The van der Waals surface area contributed by atoms with Crippen LogP contribution in [0.2, 0.25) is 23.3 Å². The molecule has 0 bridgehead atoms. The van der Waals surface area contributed by atoms with Crippen molar-refractivity contribution in [1.82, 2.24) is 19.5 Å². The van der Waals surface area contributed by atoms with Crippen LogP contribution in [0.5, 0.6) is 0 Å². The number of nitrogens with zero attached hydrogens (tertiary/aromatic N) is 4. The van der Waals surface area contributed by atoms with Crippen LogP contribution in [0.25, 0.3) is 11.2 Å². The lowest BCUT2D eigenvalue weighted by molar-refractivity contribution is -0.0224. The number of nitrogen functional groups attached to an aromatic ring is 1. The molecule has 0 amide bonds. The average Bonchev–Trinajstić information content (AvgIpc) is 3.00. The van der Waals surface area contributed by atoms with Crippen LogP contribution in [0.1, 0.15) is 40.7 Å². The molecule has 0 aliphatic heterocycles. The highest BCUT2D eigenvalue weighted by molar-refractivity contribution is 6.74. The third kappa shape index (κ3) is 3.16. The van der Waals surface area contributed by atoms with Crippen molar-refractivity contribution < 1.29 is 9.53 Å². The molecule has 0 saturated heterocycles. The highest BCUT2D eigenvalue weighted by atomic mass is 35.5. The number of anilines is 1. The Kier molecular flexibility index (Phi) is 4.94. The molecule has 3 N–H and O–H groups in total. The van der Waals surface area contributed by atoms with Crippen LogP contribution in [0, 0.1) is 5.92 Å². The van der Waals surface area contributed by atoms with Crippen LogP contribution in [0.3, 0.4) is 0 Å². The maximum Gasteiger partial charge on any atom is 0.223 e. The van der Waals surface area contributed by atoms with Gasteiger partial charge in [-0.1, -0.05) is 45.9 Å². The number of halogens is 1. The van der Waals surface area contributed by atoms with Crippen molar-refractivity contribution in [3.05, 3.63) is 23.6 Å². The summed E-state index contributed by atoms with van der Waals surface area (Å²) in [4.78, 5) is 12.6. The first-order chi connectivity index (χ1) is 12.7. The van der Waals surface area contributed by atoms with Crippen molar-refractivity contribution in [2.75, 3.05) is 5.73 Å². The number of hydrogen-bond donors (Lipinski definition) is 2. The Labute approximate surface area is 172 Å². The van der Waals surface area contributed by atoms with E-state index >= 15 is 0 Å². The molecule has 1 aliphatic rings. The molecule has 2 heterocycles. The van der Waals surface area contributed by atoms with E-state index in [2.05, 4.69) is 55.4 Å². The van der Waals surface area contributed by atoms with Gasteiger partial charge in [0, 0.05) is 5.92 Å². The average molecular weight is 424 g/mol. The fraction of sp³-hybridized carbons (Fsp3) is 0.632. The number of imidazole rings is 1. The van der Waals surface area contributed by atoms with Crippen LogP contribution in [-0.2, 0) is 4.43 Å². The molecule has 2 aromatic rings. The van der Waals surface area contributed by atoms with E-state index in [1.807, 2.05) is 6.92 Å². The summed E-state index contributed by atoms with van der Waals surface area (Å²) >= 11 is 6.17. The number of aromatic nitrogens is 4. The molecule has 7 nitrogen and oxygen atoms in total. The lowest BCUT2D eigenvalue weighted by Gasteiger charge is -2.40. The maximum atomic E-state index is 11.5. The lowest BCUT2D eigenvalue weighted by Crippen LogP contribution is -2.46. The zero-order chi connectivity index (χ0) is 21.2. The summed E-state index contributed by atoms with van der Waals surface area (Å²) < 4.78 is 8.46. The highest BCUT2D eigenvalue weighted by Gasteiger charge is 2.55. The molecular formula is C19H30ClN5O2Si. The van der Waals surface area contributed by atoms with Gasteiger partial charge in [0.05, 0.1) is 24.1 Å². The van der Waals surface area contributed by atoms with Crippen molar-refractivity contribution >= 4 is 37.0 Å². The second kappa shape index (κ2) is 6.52. The molecule has 9 heteroatoms. The summed E-state index contributed by atoms with van der Waals surface area (Å²) in [5.74, 6) is -0.101. The van der Waals surface area contributed by atoms with Gasteiger partial charge in [0.15, 0.2) is 19.1 Å². The summed E-state index contributed by atoms with van der Waals surface area (Å²) in [6.45, 7) is 19.1. The molecular weight excluding hydrogens is 394 g/mol. The van der Waals surface area contributed by atoms with Crippen molar-refractivity contribution in [2.24, 2.45) is 5.92 Å². The minimum absolute atomic E-state index is 0.0495. The Morgan fingerprint density at radius 1 is 1.36 bits per heavy atom. The summed E-state index contributed by atoms with van der Waals surface area (Å²) in [6.07, 6.45) is 1.34. The molecule has 154 valence electrons. The zero-order valence-corrected chi connectivity index (χ0v) is 19.4. The molecule has 0 aromatic carbocycles. The van der Waals surface area contributed by atoms with Crippen LogP contribution in [0.4, 0.5) is 5.95 Å². The first-order valence-corrected chi connectivity index (χ1v) is 12.7. The molecule has 28 heavy (non-hydrogen) atoms. The maximum absolute atomic E-state index is 11.5. The molecule has 4 atom stereocenters. The summed E-state index contributed by atoms with van der Waals surface area (Å²) in [5.41, 5.74) is 6.40. The van der Waals surface area contributed by atoms with E-state index in [1.54, 1.807) is 17.8 Å². The minimum atomic E-state index is -2.07. The van der Waals surface area contributed by atoms with Crippen molar-refractivity contribution in [3.8, 4) is 0 Å². The molecule has 1 saturated carbocycles. The molecule has 0 spiro atoms. The van der Waals surface area contributed by atoms with Gasteiger partial charge in [-0.25, -0.2) is 4.98 Å². The number of rotatable bonds is 3. The normalized spacial score (nSPS) is 29.0. The fourth-order valence-electron chi connectivity index (χ4n) is 3.63. The van der Waals surface area contributed by atoms with E-state index in [4.69, 9.17) is 21.8 Å². The lowest BCUT2D eigenvalue weighted by atomic mass is 9.91. The first-order valence-electron chi connectivity index (χ1n) is 9.43. The van der Waals surface area contributed by atoms with Crippen LogP contribution in [-0.4, -0.2) is 44.6 Å². The SMILES string of the molecule is C=C1[C@H](O[Si](C)(C)C(C)(C)C)[C@@H](C)[C@@](C)(O)[C@@H]1n1cnc2c(Cl)nc(N)nc21. The van der Waals surface area contributed by atoms with Crippen molar-refractivity contribution in [2.45, 2.75) is 70.5 Å². The number of aliphatic hydroxyl groups is 1. The summed E-state index contributed by atoms with van der Waals surface area (Å²) in [5, 5.41) is 11.7. The first kappa shape index (κ1) is 21.2. The van der Waals surface area contributed by atoms with E-state index in [0.29, 0.717) is 11.2 Å². The van der Waals surface area contributed by atoms with Gasteiger partial charge in [-0.15, -0.1) is 0 Å². The van der Waals surface area contributed by atoms with Gasteiger partial charge in [-0.2, -0.15) is 9.97 Å². The third-order valence-corrected chi connectivity index (χ3v) is 11.3. The predicted octanol–water partition coefficient (Wildman–Crippen LogP) is 3.95. The van der Waals surface area contributed by atoms with Gasteiger partial charge < -0.3 is 19.8 Å².